The SMILES string of the molecule is Cc1cn(CN(C)Cc2ccc(C#N)cc2)c(=O)n1-c1ccc(Cl)cc1. The molecule has 132 valence electrons. The molecule has 26 heavy (non-hydrogen) atoms. The molecule has 5 nitrogen and oxygen atoms in total. The Balaban J connectivity index is 1.77. The van der Waals surface area contributed by atoms with Crippen molar-refractivity contribution in [2.45, 2.75) is 20.1 Å². The lowest BCUT2D eigenvalue weighted by molar-refractivity contribution is 0.256. The van der Waals surface area contributed by atoms with Gasteiger partial charge in [-0.05, 0) is 55.9 Å². The Bertz CT molecular complexity index is 994. The van der Waals surface area contributed by atoms with E-state index in [9.17, 15) is 4.79 Å². The summed E-state index contributed by atoms with van der Waals surface area (Å²) >= 11 is 5.93. The average Bonchev–Trinajstić information content (AvgIpc) is 2.90. The summed E-state index contributed by atoms with van der Waals surface area (Å²) in [7, 11) is 1.96. The smallest absolute Gasteiger partial charge is 0.285 e. The fourth-order valence-electron chi connectivity index (χ4n) is 2.93. The Hall–Kier alpha value is -2.81. The van der Waals surface area contributed by atoms with Crippen LogP contribution in [0.2, 0.25) is 5.02 Å². The summed E-state index contributed by atoms with van der Waals surface area (Å²) in [5.74, 6) is 0. The van der Waals surface area contributed by atoms with Crippen LogP contribution >= 0.6 is 11.6 Å². The summed E-state index contributed by atoms with van der Waals surface area (Å²) in [5, 5.41) is 9.50. The van der Waals surface area contributed by atoms with Crippen molar-refractivity contribution in [2.24, 2.45) is 0 Å². The van der Waals surface area contributed by atoms with E-state index in [0.717, 1.165) is 16.9 Å². The van der Waals surface area contributed by atoms with Crippen molar-refractivity contribution in [1.29, 1.82) is 5.26 Å². The van der Waals surface area contributed by atoms with Crippen LogP contribution in [-0.4, -0.2) is 21.1 Å². The maximum Gasteiger partial charge on any atom is 0.334 e. The van der Waals surface area contributed by atoms with Gasteiger partial charge in [0.15, 0.2) is 0 Å². The first kappa shape index (κ1) is 18.0. The van der Waals surface area contributed by atoms with E-state index < -0.39 is 0 Å². The molecule has 3 rings (SSSR count). The minimum absolute atomic E-state index is 0.0866. The van der Waals surface area contributed by atoms with Crippen LogP contribution in [0, 0.1) is 18.3 Å². The highest BCUT2D eigenvalue weighted by molar-refractivity contribution is 6.30. The van der Waals surface area contributed by atoms with Crippen molar-refractivity contribution in [1.82, 2.24) is 14.0 Å². The zero-order valence-corrected chi connectivity index (χ0v) is 15.4. The van der Waals surface area contributed by atoms with E-state index in [2.05, 4.69) is 11.0 Å². The van der Waals surface area contributed by atoms with Gasteiger partial charge in [0, 0.05) is 23.5 Å². The third-order valence-electron chi connectivity index (χ3n) is 4.15. The van der Waals surface area contributed by atoms with Gasteiger partial charge in [0.05, 0.1) is 24.0 Å². The highest BCUT2D eigenvalue weighted by atomic mass is 35.5. The minimum atomic E-state index is -0.0866. The lowest BCUT2D eigenvalue weighted by atomic mass is 10.1. The number of rotatable bonds is 5. The number of aromatic nitrogens is 2. The van der Waals surface area contributed by atoms with Crippen LogP contribution in [-0.2, 0) is 13.2 Å². The van der Waals surface area contributed by atoms with Crippen LogP contribution in [0.1, 0.15) is 16.8 Å². The van der Waals surface area contributed by atoms with E-state index >= 15 is 0 Å². The highest BCUT2D eigenvalue weighted by Crippen LogP contribution is 2.14. The standard InChI is InChI=1S/C20H19ClN4O/c1-15-12-24(20(26)25(15)19-9-7-18(21)8-10-19)14-23(2)13-17-5-3-16(11-22)4-6-17/h3-10,12H,13-14H2,1-2H3. The molecule has 1 aromatic heterocycles. The van der Waals surface area contributed by atoms with Gasteiger partial charge in [-0.15, -0.1) is 0 Å². The molecule has 0 aliphatic carbocycles. The maximum atomic E-state index is 12.8. The van der Waals surface area contributed by atoms with E-state index in [1.54, 1.807) is 33.4 Å². The van der Waals surface area contributed by atoms with Crippen molar-refractivity contribution in [2.75, 3.05) is 7.05 Å². The number of nitriles is 1. The minimum Gasteiger partial charge on any atom is -0.285 e. The molecule has 0 amide bonds. The lowest BCUT2D eigenvalue weighted by Gasteiger charge is -2.16. The lowest BCUT2D eigenvalue weighted by Crippen LogP contribution is -2.30. The molecule has 0 bridgehead atoms. The zero-order chi connectivity index (χ0) is 18.7. The molecule has 0 atom stereocenters. The normalized spacial score (nSPS) is 10.9. The zero-order valence-electron chi connectivity index (χ0n) is 14.7. The van der Waals surface area contributed by atoms with Crippen LogP contribution < -0.4 is 5.69 Å². The number of hydrogen-bond acceptors (Lipinski definition) is 3. The van der Waals surface area contributed by atoms with Gasteiger partial charge in [-0.25, -0.2) is 4.79 Å². The molecule has 3 aromatic rings. The van der Waals surface area contributed by atoms with E-state index in [1.807, 2.05) is 44.4 Å². The fourth-order valence-corrected chi connectivity index (χ4v) is 3.06. The summed E-state index contributed by atoms with van der Waals surface area (Å²) in [6.07, 6.45) is 1.85. The van der Waals surface area contributed by atoms with Gasteiger partial charge in [-0.2, -0.15) is 5.26 Å². The number of hydrogen-bond donors (Lipinski definition) is 0. The highest BCUT2D eigenvalue weighted by Gasteiger charge is 2.11. The predicted octanol–water partition coefficient (Wildman–Crippen LogP) is 3.56. The van der Waals surface area contributed by atoms with Crippen molar-refractivity contribution < 1.29 is 0 Å². The van der Waals surface area contributed by atoms with E-state index in [1.165, 1.54) is 0 Å². The number of aryl methyl sites for hydroxylation is 1. The molecule has 6 heteroatoms. The number of benzene rings is 2. The Kier molecular flexibility index (Phi) is 5.27. The van der Waals surface area contributed by atoms with Gasteiger partial charge < -0.3 is 0 Å². The van der Waals surface area contributed by atoms with Gasteiger partial charge in [-0.3, -0.25) is 14.0 Å². The number of imidazole rings is 1. The first-order valence-corrected chi connectivity index (χ1v) is 8.58. The second-order valence-electron chi connectivity index (χ2n) is 6.30. The Morgan fingerprint density at radius 1 is 1.12 bits per heavy atom. The van der Waals surface area contributed by atoms with Gasteiger partial charge in [0.25, 0.3) is 0 Å². The molecular formula is C20H19ClN4O. The van der Waals surface area contributed by atoms with E-state index in [4.69, 9.17) is 16.9 Å². The molecule has 1 heterocycles. The van der Waals surface area contributed by atoms with Gasteiger partial charge >= 0.3 is 5.69 Å². The van der Waals surface area contributed by atoms with E-state index in [0.29, 0.717) is 23.8 Å². The van der Waals surface area contributed by atoms with Crippen LogP contribution in [0.4, 0.5) is 0 Å². The first-order valence-electron chi connectivity index (χ1n) is 8.20. The Labute approximate surface area is 157 Å². The molecule has 0 unspecified atom stereocenters. The molecule has 0 N–H and O–H groups in total. The topological polar surface area (TPSA) is 54.0 Å². The predicted molar refractivity (Wildman–Crippen MR) is 102 cm³/mol. The number of nitrogens with zero attached hydrogens (tertiary/aromatic N) is 4. The van der Waals surface area contributed by atoms with Crippen LogP contribution in [0.5, 0.6) is 0 Å². The molecule has 0 saturated heterocycles. The molecule has 0 aliphatic heterocycles. The monoisotopic (exact) mass is 366 g/mol. The molecule has 0 spiro atoms. The van der Waals surface area contributed by atoms with Crippen molar-refractivity contribution >= 4 is 11.6 Å². The largest absolute Gasteiger partial charge is 0.334 e. The van der Waals surface area contributed by atoms with Gasteiger partial charge in [-0.1, -0.05) is 23.7 Å². The van der Waals surface area contributed by atoms with Crippen molar-refractivity contribution in [3.63, 3.8) is 0 Å². The molecule has 0 aliphatic rings. The third-order valence-corrected chi connectivity index (χ3v) is 4.40. The second kappa shape index (κ2) is 7.61. The van der Waals surface area contributed by atoms with Crippen molar-refractivity contribution in [3.8, 4) is 11.8 Å². The summed E-state index contributed by atoms with van der Waals surface area (Å²) in [4.78, 5) is 14.8. The summed E-state index contributed by atoms with van der Waals surface area (Å²) in [5.41, 5.74) is 3.31. The van der Waals surface area contributed by atoms with Crippen LogP contribution in [0.25, 0.3) is 5.69 Å². The summed E-state index contributed by atoms with van der Waals surface area (Å²) in [6, 6.07) is 16.8. The molecule has 2 aromatic carbocycles. The third kappa shape index (κ3) is 3.88. The van der Waals surface area contributed by atoms with Gasteiger partial charge in [0.1, 0.15) is 0 Å². The van der Waals surface area contributed by atoms with E-state index in [-0.39, 0.29) is 5.69 Å². The second-order valence-corrected chi connectivity index (χ2v) is 6.74. The Morgan fingerprint density at radius 2 is 1.77 bits per heavy atom. The van der Waals surface area contributed by atoms with Gasteiger partial charge in [0.2, 0.25) is 0 Å². The average molecular weight is 367 g/mol. The Morgan fingerprint density at radius 3 is 2.38 bits per heavy atom. The fraction of sp³-hybridized carbons (Fsp3) is 0.200. The summed E-state index contributed by atoms with van der Waals surface area (Å²) < 4.78 is 3.36. The summed E-state index contributed by atoms with van der Waals surface area (Å²) in [6.45, 7) is 3.07. The molecule has 0 fully saturated rings. The van der Waals surface area contributed by atoms with Crippen LogP contribution in [0.3, 0.4) is 0 Å². The molecular weight excluding hydrogens is 348 g/mol. The van der Waals surface area contributed by atoms with Crippen LogP contribution in [0.15, 0.2) is 59.5 Å². The molecule has 0 radical (unpaired) electrons. The quantitative estimate of drug-likeness (QED) is 0.693. The van der Waals surface area contributed by atoms with Crippen molar-refractivity contribution in [3.05, 3.63) is 87.1 Å². The maximum absolute atomic E-state index is 12.8. The molecule has 0 saturated carbocycles. The number of halogens is 1. The first-order chi connectivity index (χ1) is 12.5.